The van der Waals surface area contributed by atoms with Gasteiger partial charge in [0.1, 0.15) is 0 Å². The molecule has 0 aliphatic rings. The first-order chi connectivity index (χ1) is 15.9. The Morgan fingerprint density at radius 2 is 1.18 bits per heavy atom. The van der Waals surface area contributed by atoms with Crippen LogP contribution < -0.4 is 0 Å². The van der Waals surface area contributed by atoms with Crippen LogP contribution in [0.5, 0.6) is 0 Å². The van der Waals surface area contributed by atoms with Crippen LogP contribution >= 0.6 is 0 Å². The number of benzene rings is 4. The Morgan fingerprint density at radius 1 is 0.545 bits per heavy atom. The normalized spacial score (nSPS) is 10.2. The van der Waals surface area contributed by atoms with E-state index in [4.69, 9.17) is 0 Å². The van der Waals surface area contributed by atoms with Gasteiger partial charge in [0, 0.05) is 6.20 Å². The number of hydrogen-bond donors (Lipinski definition) is 0. The Morgan fingerprint density at radius 3 is 1.85 bits per heavy atom. The van der Waals surface area contributed by atoms with Gasteiger partial charge in [-0.3, -0.25) is 9.97 Å². The Kier molecular flexibility index (Phi) is 7.39. The molecule has 0 bridgehead atoms. The van der Waals surface area contributed by atoms with Crippen molar-refractivity contribution in [3.63, 3.8) is 0 Å². The molecule has 0 unspecified atom stereocenters. The van der Waals surface area contributed by atoms with Gasteiger partial charge in [0.05, 0.1) is 11.4 Å². The second-order valence-electron chi connectivity index (χ2n) is 7.34. The van der Waals surface area contributed by atoms with Crippen LogP contribution in [0.25, 0.3) is 44.2 Å². The number of nitrogens with zero attached hydrogens (tertiary/aromatic N) is 2. The van der Waals surface area contributed by atoms with Gasteiger partial charge in [0.25, 0.3) is 0 Å². The summed E-state index contributed by atoms with van der Waals surface area (Å²) in [5.41, 5.74) is 3.68. The summed E-state index contributed by atoms with van der Waals surface area (Å²) >= 11 is 0. The molecule has 0 saturated heterocycles. The second kappa shape index (κ2) is 10.8. The summed E-state index contributed by atoms with van der Waals surface area (Å²) in [6.45, 7) is 0. The van der Waals surface area contributed by atoms with Crippen molar-refractivity contribution in [2.45, 2.75) is 0 Å². The maximum atomic E-state index is 4.62. The Hall–Kier alpha value is -3.61. The molecule has 0 aliphatic heterocycles. The molecule has 0 saturated carbocycles. The van der Waals surface area contributed by atoms with Gasteiger partial charge in [0.2, 0.25) is 0 Å². The van der Waals surface area contributed by atoms with Crippen molar-refractivity contribution in [3.8, 4) is 22.6 Å². The van der Waals surface area contributed by atoms with E-state index in [0.29, 0.717) is 0 Å². The molecule has 33 heavy (non-hydrogen) atoms. The molecule has 6 rings (SSSR count). The van der Waals surface area contributed by atoms with Gasteiger partial charge in [-0.05, 0) is 23.9 Å². The van der Waals surface area contributed by atoms with Crippen LogP contribution in [0.1, 0.15) is 0 Å². The molecule has 4 aromatic carbocycles. The molecule has 2 heterocycles. The summed E-state index contributed by atoms with van der Waals surface area (Å²) in [4.78, 5) is 8.93. The Labute approximate surface area is 208 Å². The quantitative estimate of drug-likeness (QED) is 0.152. The molecule has 6 aromatic rings. The zero-order chi connectivity index (χ0) is 21.6. The maximum Gasteiger partial charge on any atom is 2.00 e. The number of hydrogen-bond acceptors (Lipinski definition) is 2. The molecule has 0 spiro atoms. The monoisotopic (exact) mass is 603 g/mol. The van der Waals surface area contributed by atoms with E-state index in [1.807, 2.05) is 72.8 Å². The van der Waals surface area contributed by atoms with E-state index in [0.717, 1.165) is 22.6 Å². The molecule has 2 nitrogen and oxygen atoms in total. The molecular weight excluding hydrogens is 583 g/mol. The van der Waals surface area contributed by atoms with Gasteiger partial charge in [-0.15, -0.1) is 70.9 Å². The third-order valence-electron chi connectivity index (χ3n) is 5.16. The minimum atomic E-state index is 0. The van der Waals surface area contributed by atoms with Gasteiger partial charge in [-0.1, -0.05) is 65.4 Å². The summed E-state index contributed by atoms with van der Waals surface area (Å²) in [5.74, 6) is 0. The van der Waals surface area contributed by atoms with E-state index in [1.165, 1.54) is 21.5 Å². The minimum absolute atomic E-state index is 0. The van der Waals surface area contributed by atoms with Gasteiger partial charge in [0.15, 0.2) is 0 Å². The summed E-state index contributed by atoms with van der Waals surface area (Å²) in [5, 5.41) is 4.88. The average molecular weight is 604 g/mol. The summed E-state index contributed by atoms with van der Waals surface area (Å²) in [6.07, 6.45) is 1.78. The van der Waals surface area contributed by atoms with E-state index >= 15 is 0 Å². The van der Waals surface area contributed by atoms with Crippen LogP contribution in [0.2, 0.25) is 0 Å². The van der Waals surface area contributed by atoms with Crippen LogP contribution in [-0.4, -0.2) is 9.97 Å². The van der Waals surface area contributed by atoms with Crippen molar-refractivity contribution in [2.24, 2.45) is 0 Å². The van der Waals surface area contributed by atoms with Gasteiger partial charge < -0.3 is 0 Å². The van der Waals surface area contributed by atoms with Crippen LogP contribution in [0, 0.1) is 12.1 Å². The second-order valence-corrected chi connectivity index (χ2v) is 7.34. The third kappa shape index (κ3) is 5.42. The zero-order valence-electron chi connectivity index (χ0n) is 17.8. The van der Waals surface area contributed by atoms with Crippen molar-refractivity contribution in [2.75, 3.05) is 0 Å². The van der Waals surface area contributed by atoms with Crippen LogP contribution in [0.3, 0.4) is 0 Å². The van der Waals surface area contributed by atoms with Crippen molar-refractivity contribution in [1.82, 2.24) is 9.97 Å². The Bertz CT molecular complexity index is 1310. The molecule has 0 radical (unpaired) electrons. The van der Waals surface area contributed by atoms with Gasteiger partial charge in [-0.2, -0.15) is 0 Å². The molecule has 0 amide bonds. The molecule has 2 aromatic heterocycles. The topological polar surface area (TPSA) is 25.8 Å². The van der Waals surface area contributed by atoms with Crippen molar-refractivity contribution >= 4 is 21.5 Å². The molecule has 3 heteroatoms. The first-order valence-corrected chi connectivity index (χ1v) is 10.5. The zero-order valence-corrected chi connectivity index (χ0v) is 20.0. The smallest absolute Gasteiger partial charge is 0.295 e. The van der Waals surface area contributed by atoms with E-state index in [9.17, 15) is 0 Å². The maximum absolute atomic E-state index is 4.62. The van der Waals surface area contributed by atoms with Crippen LogP contribution in [0.4, 0.5) is 0 Å². The largest absolute Gasteiger partial charge is 2.00 e. The van der Waals surface area contributed by atoms with Crippen LogP contribution in [0.15, 0.2) is 121 Å². The van der Waals surface area contributed by atoms with E-state index < -0.39 is 0 Å². The van der Waals surface area contributed by atoms with E-state index in [-0.39, 0.29) is 21.1 Å². The SMILES string of the molecule is [Pt+2].[c-]1c2ccccc2cc2ccccc12.[c-]1ccccc1-c1cccc(-c2ccccn2)n1. The van der Waals surface area contributed by atoms with Crippen molar-refractivity contribution < 1.29 is 21.1 Å². The van der Waals surface area contributed by atoms with Crippen LogP contribution in [-0.2, 0) is 21.1 Å². The summed E-state index contributed by atoms with van der Waals surface area (Å²) in [6, 6.07) is 45.1. The fraction of sp³-hybridized carbons (Fsp3) is 0. The molecule has 0 fully saturated rings. The number of aromatic nitrogens is 2. The predicted molar refractivity (Wildman–Crippen MR) is 132 cm³/mol. The van der Waals surface area contributed by atoms with E-state index in [1.54, 1.807) is 6.20 Å². The molecule has 160 valence electrons. The van der Waals surface area contributed by atoms with Crippen molar-refractivity contribution in [1.29, 1.82) is 0 Å². The Balaban J connectivity index is 0.000000157. The first-order valence-electron chi connectivity index (χ1n) is 10.5. The number of rotatable bonds is 2. The van der Waals surface area contributed by atoms with Gasteiger partial charge >= 0.3 is 21.1 Å². The first kappa shape index (κ1) is 22.6. The number of fused-ring (bicyclic) bond motifs is 2. The standard InChI is InChI=1S/C16H11N2.C14H9.Pt/c1-2-7-13(8-3-1)14-10-6-11-16(18-14)15-9-4-5-12-17-15;1-2-6-12-10-14-8-4-3-7-13(14)9-11(12)5-1;/h1-7,9-12H;1-9H;/q2*-1;+2. The molecule has 0 N–H and O–H groups in total. The third-order valence-corrected chi connectivity index (χ3v) is 5.16. The molecule has 0 atom stereocenters. The fourth-order valence-electron chi connectivity index (χ4n) is 3.58. The fourth-order valence-corrected chi connectivity index (χ4v) is 3.58. The molecule has 0 aliphatic carbocycles. The van der Waals surface area contributed by atoms with Crippen molar-refractivity contribution in [3.05, 3.63) is 134 Å². The average Bonchev–Trinajstić information content (AvgIpc) is 2.89. The minimum Gasteiger partial charge on any atom is -0.295 e. The number of pyridine rings is 2. The predicted octanol–water partition coefficient (Wildman–Crippen LogP) is 7.40. The summed E-state index contributed by atoms with van der Waals surface area (Å²) < 4.78 is 0. The summed E-state index contributed by atoms with van der Waals surface area (Å²) in [7, 11) is 0. The van der Waals surface area contributed by atoms with Gasteiger partial charge in [-0.25, -0.2) is 0 Å². The van der Waals surface area contributed by atoms with E-state index in [2.05, 4.69) is 64.6 Å². The molecular formula is C30H20N2Pt.